The smallest absolute Gasteiger partial charge is 0.220 e. The Hall–Kier alpha value is -1.42. The molecule has 1 N–H and O–H groups in total. The number of carbonyl (C=O) groups is 1. The van der Waals surface area contributed by atoms with Crippen molar-refractivity contribution in [3.05, 3.63) is 35.6 Å². The second kappa shape index (κ2) is 7.91. The quantitative estimate of drug-likeness (QED) is 0.871. The molecule has 1 unspecified atom stereocenters. The lowest BCUT2D eigenvalue weighted by Gasteiger charge is -2.43. The Balaban J connectivity index is 1.76. The fourth-order valence-corrected chi connectivity index (χ4v) is 3.20. The van der Waals surface area contributed by atoms with Gasteiger partial charge in [-0.2, -0.15) is 0 Å². The van der Waals surface area contributed by atoms with E-state index in [1.807, 2.05) is 6.07 Å². The standard InChI is InChI=1S/C19H29FN2O/c1-15-6-5-11-22(13-15)19(2,3)14-21-18(23)10-9-16-7-4-8-17(20)12-16/h4,7-8,12,15H,5-6,9-11,13-14H2,1-3H3,(H,21,23). The first-order valence-corrected chi connectivity index (χ1v) is 8.63. The topological polar surface area (TPSA) is 32.3 Å². The molecule has 23 heavy (non-hydrogen) atoms. The molecule has 1 amide bonds. The Labute approximate surface area is 139 Å². The van der Waals surface area contributed by atoms with Crippen LogP contribution in [-0.2, 0) is 11.2 Å². The van der Waals surface area contributed by atoms with Crippen LogP contribution in [0.15, 0.2) is 24.3 Å². The zero-order valence-electron chi connectivity index (χ0n) is 14.6. The van der Waals surface area contributed by atoms with E-state index in [0.717, 1.165) is 24.6 Å². The maximum atomic E-state index is 13.1. The van der Waals surface area contributed by atoms with Crippen LogP contribution in [0.25, 0.3) is 0 Å². The predicted molar refractivity (Wildman–Crippen MR) is 91.8 cm³/mol. The van der Waals surface area contributed by atoms with Gasteiger partial charge in [0, 0.05) is 25.0 Å². The Morgan fingerprint density at radius 3 is 2.91 bits per heavy atom. The monoisotopic (exact) mass is 320 g/mol. The molecule has 1 saturated heterocycles. The van der Waals surface area contributed by atoms with Gasteiger partial charge in [-0.3, -0.25) is 9.69 Å². The molecule has 1 fully saturated rings. The van der Waals surface area contributed by atoms with E-state index in [1.54, 1.807) is 6.07 Å². The van der Waals surface area contributed by atoms with Gasteiger partial charge in [-0.15, -0.1) is 0 Å². The van der Waals surface area contributed by atoms with Gasteiger partial charge >= 0.3 is 0 Å². The predicted octanol–water partition coefficient (Wildman–Crippen LogP) is 3.39. The summed E-state index contributed by atoms with van der Waals surface area (Å²) in [6.07, 6.45) is 3.51. The van der Waals surface area contributed by atoms with Gasteiger partial charge in [0.1, 0.15) is 5.82 Å². The van der Waals surface area contributed by atoms with Crippen LogP contribution in [0.2, 0.25) is 0 Å². The first-order chi connectivity index (χ1) is 10.9. The molecule has 0 spiro atoms. The van der Waals surface area contributed by atoms with Crippen molar-refractivity contribution in [2.24, 2.45) is 5.92 Å². The summed E-state index contributed by atoms with van der Waals surface area (Å²) in [6, 6.07) is 6.46. The maximum absolute atomic E-state index is 13.1. The number of hydrogen-bond acceptors (Lipinski definition) is 2. The van der Waals surface area contributed by atoms with Crippen molar-refractivity contribution in [1.29, 1.82) is 0 Å². The van der Waals surface area contributed by atoms with Crippen LogP contribution >= 0.6 is 0 Å². The number of piperidine rings is 1. The number of likely N-dealkylation sites (tertiary alicyclic amines) is 1. The molecule has 1 aromatic carbocycles. The number of nitrogens with one attached hydrogen (secondary N) is 1. The van der Waals surface area contributed by atoms with Crippen LogP contribution in [0.1, 0.15) is 45.6 Å². The first-order valence-electron chi connectivity index (χ1n) is 8.63. The highest BCUT2D eigenvalue weighted by molar-refractivity contribution is 5.76. The van der Waals surface area contributed by atoms with Crippen LogP contribution in [0.5, 0.6) is 0 Å². The van der Waals surface area contributed by atoms with Crippen molar-refractivity contribution < 1.29 is 9.18 Å². The van der Waals surface area contributed by atoms with E-state index in [4.69, 9.17) is 0 Å². The molecule has 0 saturated carbocycles. The van der Waals surface area contributed by atoms with Crippen LogP contribution < -0.4 is 5.32 Å². The highest BCUT2D eigenvalue weighted by Gasteiger charge is 2.30. The van der Waals surface area contributed by atoms with Crippen LogP contribution in [0, 0.1) is 11.7 Å². The maximum Gasteiger partial charge on any atom is 0.220 e. The van der Waals surface area contributed by atoms with Crippen LogP contribution in [0.4, 0.5) is 4.39 Å². The van der Waals surface area contributed by atoms with E-state index >= 15 is 0 Å². The third-order valence-electron chi connectivity index (χ3n) is 4.76. The number of halogens is 1. The Morgan fingerprint density at radius 2 is 2.22 bits per heavy atom. The molecule has 0 aromatic heterocycles. The van der Waals surface area contributed by atoms with Gasteiger partial charge in [-0.05, 0) is 63.3 Å². The van der Waals surface area contributed by atoms with Gasteiger partial charge in [-0.1, -0.05) is 19.1 Å². The minimum Gasteiger partial charge on any atom is -0.354 e. The Bertz CT molecular complexity index is 530. The normalized spacial score (nSPS) is 19.6. The van der Waals surface area contributed by atoms with Crippen molar-refractivity contribution in [2.45, 2.75) is 52.0 Å². The minimum absolute atomic E-state index is 0.0246. The first kappa shape index (κ1) is 17.9. The highest BCUT2D eigenvalue weighted by Crippen LogP contribution is 2.23. The van der Waals surface area contributed by atoms with Gasteiger partial charge in [0.2, 0.25) is 5.91 Å². The molecular weight excluding hydrogens is 291 g/mol. The summed E-state index contributed by atoms with van der Waals surface area (Å²) >= 11 is 0. The summed E-state index contributed by atoms with van der Waals surface area (Å²) in [4.78, 5) is 14.6. The lowest BCUT2D eigenvalue weighted by atomic mass is 9.93. The molecule has 0 radical (unpaired) electrons. The average Bonchev–Trinajstić information content (AvgIpc) is 2.51. The molecule has 1 aliphatic heterocycles. The SMILES string of the molecule is CC1CCCN(C(C)(C)CNC(=O)CCc2cccc(F)c2)C1. The summed E-state index contributed by atoms with van der Waals surface area (Å²) in [5.74, 6) is 0.516. The molecule has 1 aliphatic rings. The van der Waals surface area contributed by atoms with Gasteiger partial charge in [0.25, 0.3) is 0 Å². The van der Waals surface area contributed by atoms with Crippen molar-refractivity contribution in [3.8, 4) is 0 Å². The number of aryl methyl sites for hydroxylation is 1. The van der Waals surface area contributed by atoms with Crippen molar-refractivity contribution in [3.63, 3.8) is 0 Å². The summed E-state index contributed by atoms with van der Waals surface area (Å²) in [5.41, 5.74) is 0.840. The Morgan fingerprint density at radius 1 is 1.43 bits per heavy atom. The largest absolute Gasteiger partial charge is 0.354 e. The molecular formula is C19H29FN2O. The molecule has 1 aromatic rings. The molecule has 0 aliphatic carbocycles. The molecule has 2 rings (SSSR count). The molecule has 3 nitrogen and oxygen atoms in total. The van der Waals surface area contributed by atoms with E-state index in [-0.39, 0.29) is 17.3 Å². The van der Waals surface area contributed by atoms with E-state index in [0.29, 0.717) is 19.4 Å². The molecule has 1 atom stereocenters. The highest BCUT2D eigenvalue weighted by atomic mass is 19.1. The van der Waals surface area contributed by atoms with Crippen LogP contribution in [0.3, 0.4) is 0 Å². The van der Waals surface area contributed by atoms with Crippen molar-refractivity contribution >= 4 is 5.91 Å². The number of rotatable bonds is 6. The molecule has 0 bridgehead atoms. The fraction of sp³-hybridized carbons (Fsp3) is 0.632. The van der Waals surface area contributed by atoms with Crippen molar-refractivity contribution in [2.75, 3.05) is 19.6 Å². The zero-order valence-corrected chi connectivity index (χ0v) is 14.6. The van der Waals surface area contributed by atoms with Gasteiger partial charge in [-0.25, -0.2) is 4.39 Å². The number of carbonyl (C=O) groups excluding carboxylic acids is 1. The molecule has 128 valence electrons. The van der Waals surface area contributed by atoms with E-state index in [9.17, 15) is 9.18 Å². The zero-order chi connectivity index (χ0) is 16.9. The second-order valence-electron chi connectivity index (χ2n) is 7.41. The summed E-state index contributed by atoms with van der Waals surface area (Å²) < 4.78 is 13.1. The number of amides is 1. The summed E-state index contributed by atoms with van der Waals surface area (Å²) in [5, 5.41) is 3.05. The molecule has 1 heterocycles. The number of benzene rings is 1. The van der Waals surface area contributed by atoms with Gasteiger partial charge < -0.3 is 5.32 Å². The van der Waals surface area contributed by atoms with Crippen LogP contribution in [-0.4, -0.2) is 36.0 Å². The van der Waals surface area contributed by atoms with Gasteiger partial charge in [0.05, 0.1) is 0 Å². The van der Waals surface area contributed by atoms with Crippen molar-refractivity contribution in [1.82, 2.24) is 10.2 Å². The average molecular weight is 320 g/mol. The van der Waals surface area contributed by atoms with Gasteiger partial charge in [0.15, 0.2) is 0 Å². The van der Waals surface area contributed by atoms with E-state index in [2.05, 4.69) is 31.0 Å². The lowest BCUT2D eigenvalue weighted by Crippen LogP contribution is -2.54. The van der Waals surface area contributed by atoms with E-state index < -0.39 is 0 Å². The third-order valence-corrected chi connectivity index (χ3v) is 4.76. The number of hydrogen-bond donors (Lipinski definition) is 1. The molecule has 4 heteroatoms. The summed E-state index contributed by atoms with van der Waals surface area (Å²) in [7, 11) is 0. The number of nitrogens with zero attached hydrogens (tertiary/aromatic N) is 1. The second-order valence-corrected chi connectivity index (χ2v) is 7.41. The summed E-state index contributed by atoms with van der Waals surface area (Å²) in [6.45, 7) is 9.54. The minimum atomic E-state index is -0.247. The Kier molecular flexibility index (Phi) is 6.17. The fourth-order valence-electron chi connectivity index (χ4n) is 3.20. The lowest BCUT2D eigenvalue weighted by molar-refractivity contribution is -0.121. The third kappa shape index (κ3) is 5.61. The van der Waals surface area contributed by atoms with E-state index in [1.165, 1.54) is 25.0 Å².